The highest BCUT2D eigenvalue weighted by Gasteiger charge is 2.20. The summed E-state index contributed by atoms with van der Waals surface area (Å²) in [6.45, 7) is 2.45. The van der Waals surface area contributed by atoms with Crippen LogP contribution in [0.3, 0.4) is 0 Å². The molecule has 1 aliphatic rings. The number of fused-ring (bicyclic) bond motifs is 1. The number of hydrogen-bond donors (Lipinski definition) is 0. The molecule has 0 aliphatic carbocycles. The fourth-order valence-electron chi connectivity index (χ4n) is 3.58. The van der Waals surface area contributed by atoms with Gasteiger partial charge in [-0.15, -0.1) is 0 Å². The van der Waals surface area contributed by atoms with Gasteiger partial charge < -0.3 is 4.52 Å². The van der Waals surface area contributed by atoms with Gasteiger partial charge in [0.1, 0.15) is 0 Å². The lowest BCUT2D eigenvalue weighted by atomic mass is 10.1. The van der Waals surface area contributed by atoms with Crippen LogP contribution in [-0.2, 0) is 19.5 Å². The highest BCUT2D eigenvalue weighted by molar-refractivity contribution is 6.30. The Morgan fingerprint density at radius 3 is 2.66 bits per heavy atom. The zero-order valence-electron chi connectivity index (χ0n) is 15.8. The van der Waals surface area contributed by atoms with Gasteiger partial charge in [-0.3, -0.25) is 4.90 Å². The number of nitrogens with zero attached hydrogens (tertiary/aromatic N) is 4. The van der Waals surface area contributed by atoms with Crippen LogP contribution in [0.15, 0.2) is 71.4 Å². The van der Waals surface area contributed by atoms with Crippen LogP contribution in [-0.4, -0.2) is 26.6 Å². The Hall–Kier alpha value is -3.02. The normalized spacial score (nSPS) is 14.0. The molecular weight excluding hydrogens is 384 g/mol. The first kappa shape index (κ1) is 18.0. The summed E-state index contributed by atoms with van der Waals surface area (Å²) in [6.07, 6.45) is 2.88. The van der Waals surface area contributed by atoms with Crippen molar-refractivity contribution in [3.63, 3.8) is 0 Å². The van der Waals surface area contributed by atoms with E-state index in [0.29, 0.717) is 5.02 Å². The number of aromatic nitrogens is 3. The van der Waals surface area contributed by atoms with Crippen molar-refractivity contribution in [1.29, 1.82) is 0 Å². The molecule has 0 saturated heterocycles. The molecule has 5 rings (SSSR count). The molecule has 0 N–H and O–H groups in total. The fourth-order valence-corrected chi connectivity index (χ4v) is 3.71. The van der Waals surface area contributed by atoms with E-state index in [1.54, 1.807) is 0 Å². The summed E-state index contributed by atoms with van der Waals surface area (Å²) in [5, 5.41) is 4.96. The summed E-state index contributed by atoms with van der Waals surface area (Å²) < 4.78 is 5.54. The Labute approximate surface area is 174 Å². The van der Waals surface area contributed by atoms with Crippen LogP contribution >= 0.6 is 11.6 Å². The van der Waals surface area contributed by atoms with Gasteiger partial charge in [0.05, 0.1) is 11.4 Å². The van der Waals surface area contributed by atoms with Crippen molar-refractivity contribution < 1.29 is 4.52 Å². The summed E-state index contributed by atoms with van der Waals surface area (Å²) in [7, 11) is 0. The number of benzene rings is 2. The molecule has 0 fully saturated rings. The first-order valence-corrected chi connectivity index (χ1v) is 9.96. The maximum absolute atomic E-state index is 5.99. The highest BCUT2D eigenvalue weighted by Crippen LogP contribution is 2.24. The molecule has 144 valence electrons. The van der Waals surface area contributed by atoms with Crippen LogP contribution in [0.5, 0.6) is 0 Å². The smallest absolute Gasteiger partial charge is 0.167 e. The Balaban J connectivity index is 1.32. The van der Waals surface area contributed by atoms with Crippen molar-refractivity contribution in [2.24, 2.45) is 0 Å². The molecule has 1 aliphatic heterocycles. The quantitative estimate of drug-likeness (QED) is 0.480. The molecule has 0 atom stereocenters. The molecule has 2 aromatic carbocycles. The average Bonchev–Trinajstić information content (AvgIpc) is 3.23. The lowest BCUT2D eigenvalue weighted by Gasteiger charge is -2.27. The van der Waals surface area contributed by atoms with Gasteiger partial charge in [0, 0.05) is 48.0 Å². The molecule has 6 heteroatoms. The maximum atomic E-state index is 5.99. The van der Waals surface area contributed by atoms with Gasteiger partial charge in [-0.1, -0.05) is 47.1 Å². The van der Waals surface area contributed by atoms with Crippen molar-refractivity contribution in [3.05, 3.63) is 88.8 Å². The van der Waals surface area contributed by atoms with E-state index in [-0.39, 0.29) is 0 Å². The lowest BCUT2D eigenvalue weighted by Crippen LogP contribution is -2.31. The molecule has 0 amide bonds. The summed E-state index contributed by atoms with van der Waals surface area (Å²) >= 11 is 5.99. The minimum atomic E-state index is 0.709. The number of halogens is 1. The molecule has 0 unspecified atom stereocenters. The molecule has 0 spiro atoms. The number of rotatable bonds is 4. The van der Waals surface area contributed by atoms with Crippen LogP contribution in [0.4, 0.5) is 0 Å². The van der Waals surface area contributed by atoms with Gasteiger partial charge in [-0.25, -0.2) is 9.97 Å². The van der Waals surface area contributed by atoms with E-state index in [1.165, 1.54) is 5.56 Å². The fraction of sp³-hybridized carbons (Fsp3) is 0.174. The van der Waals surface area contributed by atoms with E-state index in [1.807, 2.05) is 66.9 Å². The maximum Gasteiger partial charge on any atom is 0.167 e. The zero-order valence-corrected chi connectivity index (χ0v) is 16.5. The molecule has 4 aromatic rings. The van der Waals surface area contributed by atoms with Crippen LogP contribution in [0.25, 0.3) is 22.7 Å². The van der Waals surface area contributed by atoms with Crippen molar-refractivity contribution in [3.8, 4) is 22.7 Å². The summed E-state index contributed by atoms with van der Waals surface area (Å²) in [5.74, 6) is 1.53. The molecule has 3 heterocycles. The van der Waals surface area contributed by atoms with Gasteiger partial charge >= 0.3 is 0 Å². The predicted octanol–water partition coefficient (Wildman–Crippen LogP) is 5.01. The molecule has 0 radical (unpaired) electrons. The second-order valence-corrected chi connectivity index (χ2v) is 7.62. The van der Waals surface area contributed by atoms with Gasteiger partial charge in [0.25, 0.3) is 0 Å². The predicted molar refractivity (Wildman–Crippen MR) is 112 cm³/mol. The molecule has 2 aromatic heterocycles. The van der Waals surface area contributed by atoms with Gasteiger partial charge in [-0.2, -0.15) is 0 Å². The van der Waals surface area contributed by atoms with Crippen molar-refractivity contribution in [2.75, 3.05) is 6.54 Å². The van der Waals surface area contributed by atoms with Crippen LogP contribution < -0.4 is 0 Å². The minimum absolute atomic E-state index is 0.709. The van der Waals surface area contributed by atoms with Gasteiger partial charge in [0.2, 0.25) is 0 Å². The Morgan fingerprint density at radius 2 is 1.83 bits per heavy atom. The summed E-state index contributed by atoms with van der Waals surface area (Å²) in [5.41, 5.74) is 5.22. The molecule has 29 heavy (non-hydrogen) atoms. The van der Waals surface area contributed by atoms with E-state index in [9.17, 15) is 0 Å². The Bertz CT molecular complexity index is 1130. The first-order valence-electron chi connectivity index (χ1n) is 9.59. The second-order valence-electron chi connectivity index (χ2n) is 7.18. The second kappa shape index (κ2) is 7.78. The molecule has 0 saturated carbocycles. The zero-order chi connectivity index (χ0) is 19.6. The summed E-state index contributed by atoms with van der Waals surface area (Å²) in [6, 6.07) is 19.7. The molecular formula is C23H19ClN4O. The highest BCUT2D eigenvalue weighted by atomic mass is 35.5. The third-order valence-corrected chi connectivity index (χ3v) is 5.38. The van der Waals surface area contributed by atoms with Crippen molar-refractivity contribution in [2.45, 2.75) is 19.5 Å². The lowest BCUT2D eigenvalue weighted by molar-refractivity contribution is 0.234. The monoisotopic (exact) mass is 402 g/mol. The van der Waals surface area contributed by atoms with E-state index in [4.69, 9.17) is 21.1 Å². The van der Waals surface area contributed by atoms with Crippen LogP contribution in [0, 0.1) is 0 Å². The number of hydrogen-bond acceptors (Lipinski definition) is 5. The van der Waals surface area contributed by atoms with E-state index in [2.05, 4.69) is 15.0 Å². The topological polar surface area (TPSA) is 55.1 Å². The van der Waals surface area contributed by atoms with E-state index < -0.39 is 0 Å². The average molecular weight is 403 g/mol. The van der Waals surface area contributed by atoms with Crippen LogP contribution in [0.2, 0.25) is 5.02 Å². The van der Waals surface area contributed by atoms with Gasteiger partial charge in [-0.05, 0) is 36.2 Å². The Kier molecular flexibility index (Phi) is 4.84. The third-order valence-electron chi connectivity index (χ3n) is 5.13. The van der Waals surface area contributed by atoms with Crippen molar-refractivity contribution in [1.82, 2.24) is 20.0 Å². The van der Waals surface area contributed by atoms with E-state index >= 15 is 0 Å². The van der Waals surface area contributed by atoms with Crippen molar-refractivity contribution >= 4 is 11.6 Å². The third kappa shape index (κ3) is 3.92. The SMILES string of the molecule is Clc1ccc(-c2ncc3c(n2)CN(Cc2cc(-c4ccccc4)on2)CC3)cc1. The Morgan fingerprint density at radius 1 is 1.00 bits per heavy atom. The molecule has 5 nitrogen and oxygen atoms in total. The summed E-state index contributed by atoms with van der Waals surface area (Å²) in [4.78, 5) is 11.7. The molecule has 0 bridgehead atoms. The minimum Gasteiger partial charge on any atom is -0.356 e. The van der Waals surface area contributed by atoms with Gasteiger partial charge in [0.15, 0.2) is 11.6 Å². The van der Waals surface area contributed by atoms with E-state index in [0.717, 1.165) is 60.2 Å². The largest absolute Gasteiger partial charge is 0.356 e. The standard InChI is InChI=1S/C23H19ClN4O/c24-19-8-6-17(7-9-19)23-25-13-18-10-11-28(15-21(18)26-23)14-20-12-22(29-27-20)16-4-2-1-3-5-16/h1-9,12-13H,10-11,14-15H2. The van der Waals surface area contributed by atoms with Crippen LogP contribution in [0.1, 0.15) is 17.0 Å². The first-order chi connectivity index (χ1) is 14.2.